The first kappa shape index (κ1) is 18.8. The SMILES string of the molecule is O=C1CCc2cccc(N3CCN(Cc4cncc(-c5ccccc5)c4)CC3)c2N1. The van der Waals surface area contributed by atoms with Gasteiger partial charge in [-0.3, -0.25) is 14.7 Å². The number of fused-ring (bicyclic) bond motifs is 1. The molecule has 5 heteroatoms. The number of nitrogens with zero attached hydrogens (tertiary/aromatic N) is 3. The molecule has 1 fully saturated rings. The van der Waals surface area contributed by atoms with Gasteiger partial charge in [0, 0.05) is 57.1 Å². The summed E-state index contributed by atoms with van der Waals surface area (Å²) in [5.41, 5.74) is 7.04. The summed E-state index contributed by atoms with van der Waals surface area (Å²) in [5.74, 6) is 0.124. The van der Waals surface area contributed by atoms with Crippen molar-refractivity contribution in [3.05, 3.63) is 78.1 Å². The number of para-hydroxylation sites is 1. The zero-order valence-electron chi connectivity index (χ0n) is 17.1. The minimum Gasteiger partial charge on any atom is -0.367 e. The number of pyridine rings is 1. The molecule has 5 nitrogen and oxygen atoms in total. The number of hydrogen-bond acceptors (Lipinski definition) is 4. The molecule has 2 aromatic carbocycles. The van der Waals surface area contributed by atoms with Gasteiger partial charge in [-0.2, -0.15) is 0 Å². The number of rotatable bonds is 4. The van der Waals surface area contributed by atoms with Crippen molar-refractivity contribution in [2.24, 2.45) is 0 Å². The van der Waals surface area contributed by atoms with E-state index in [1.54, 1.807) is 0 Å². The van der Waals surface area contributed by atoms with Gasteiger partial charge in [0.2, 0.25) is 5.91 Å². The molecule has 5 rings (SSSR count). The topological polar surface area (TPSA) is 48.5 Å². The molecule has 3 aromatic rings. The largest absolute Gasteiger partial charge is 0.367 e. The number of benzene rings is 2. The number of nitrogens with one attached hydrogen (secondary N) is 1. The van der Waals surface area contributed by atoms with Crippen molar-refractivity contribution in [1.29, 1.82) is 0 Å². The van der Waals surface area contributed by atoms with Gasteiger partial charge in [0.05, 0.1) is 11.4 Å². The summed E-state index contributed by atoms with van der Waals surface area (Å²) in [5, 5.41) is 3.10. The highest BCUT2D eigenvalue weighted by molar-refractivity contribution is 5.98. The molecule has 2 aliphatic heterocycles. The first-order valence-corrected chi connectivity index (χ1v) is 10.6. The fourth-order valence-electron chi connectivity index (χ4n) is 4.42. The molecule has 3 heterocycles. The average molecular weight is 399 g/mol. The van der Waals surface area contributed by atoms with E-state index < -0.39 is 0 Å². The summed E-state index contributed by atoms with van der Waals surface area (Å²) in [7, 11) is 0. The second kappa shape index (κ2) is 8.28. The van der Waals surface area contributed by atoms with Crippen molar-refractivity contribution < 1.29 is 4.79 Å². The van der Waals surface area contributed by atoms with Gasteiger partial charge in [0.1, 0.15) is 0 Å². The number of amides is 1. The van der Waals surface area contributed by atoms with Gasteiger partial charge < -0.3 is 10.2 Å². The number of carbonyl (C=O) groups is 1. The summed E-state index contributed by atoms with van der Waals surface area (Å²) in [4.78, 5) is 21.3. The molecule has 1 amide bonds. The molecule has 0 aliphatic carbocycles. The Kier molecular flexibility index (Phi) is 5.20. The zero-order valence-corrected chi connectivity index (χ0v) is 17.1. The van der Waals surface area contributed by atoms with Crippen molar-refractivity contribution in [2.45, 2.75) is 19.4 Å². The fraction of sp³-hybridized carbons (Fsp3) is 0.280. The first-order valence-electron chi connectivity index (χ1n) is 10.6. The molecule has 1 N–H and O–H groups in total. The minimum absolute atomic E-state index is 0.124. The smallest absolute Gasteiger partial charge is 0.224 e. The van der Waals surface area contributed by atoms with Crippen LogP contribution in [0.1, 0.15) is 17.5 Å². The summed E-state index contributed by atoms with van der Waals surface area (Å²) in [6.45, 7) is 4.81. The van der Waals surface area contributed by atoms with Crippen LogP contribution < -0.4 is 10.2 Å². The number of aromatic nitrogens is 1. The molecule has 0 radical (unpaired) electrons. The number of piperazine rings is 1. The Morgan fingerprint density at radius 1 is 0.867 bits per heavy atom. The third-order valence-electron chi connectivity index (χ3n) is 6.04. The van der Waals surface area contributed by atoms with Crippen molar-refractivity contribution in [3.8, 4) is 11.1 Å². The molecular weight excluding hydrogens is 372 g/mol. The number of anilines is 2. The maximum absolute atomic E-state index is 11.9. The van der Waals surface area contributed by atoms with E-state index in [1.807, 2.05) is 18.5 Å². The van der Waals surface area contributed by atoms with Crippen LogP contribution in [0.3, 0.4) is 0 Å². The Balaban J connectivity index is 1.25. The van der Waals surface area contributed by atoms with Crippen molar-refractivity contribution in [3.63, 3.8) is 0 Å². The first-order chi connectivity index (χ1) is 14.8. The van der Waals surface area contributed by atoms with Crippen molar-refractivity contribution >= 4 is 17.3 Å². The van der Waals surface area contributed by atoms with E-state index in [2.05, 4.69) is 68.6 Å². The lowest BCUT2D eigenvalue weighted by Crippen LogP contribution is -2.46. The molecule has 0 saturated carbocycles. The van der Waals surface area contributed by atoms with Gasteiger partial charge in [-0.15, -0.1) is 0 Å². The number of carbonyl (C=O) groups excluding carboxylic acids is 1. The normalized spacial score (nSPS) is 16.8. The van der Waals surface area contributed by atoms with Gasteiger partial charge in [-0.25, -0.2) is 0 Å². The molecule has 0 unspecified atom stereocenters. The second-order valence-electron chi connectivity index (χ2n) is 8.07. The Morgan fingerprint density at radius 3 is 2.53 bits per heavy atom. The molecule has 2 aliphatic rings. The van der Waals surface area contributed by atoms with Gasteiger partial charge in [-0.1, -0.05) is 42.5 Å². The van der Waals surface area contributed by atoms with E-state index in [4.69, 9.17) is 0 Å². The van der Waals surface area contributed by atoms with E-state index in [0.717, 1.165) is 50.5 Å². The van der Waals surface area contributed by atoms with Crippen LogP contribution in [0.2, 0.25) is 0 Å². The summed E-state index contributed by atoms with van der Waals surface area (Å²) >= 11 is 0. The van der Waals surface area contributed by atoms with E-state index in [-0.39, 0.29) is 5.91 Å². The number of hydrogen-bond donors (Lipinski definition) is 1. The third kappa shape index (κ3) is 3.94. The number of aryl methyl sites for hydroxylation is 1. The minimum atomic E-state index is 0.124. The van der Waals surface area contributed by atoms with E-state index in [1.165, 1.54) is 22.3 Å². The van der Waals surface area contributed by atoms with Crippen molar-refractivity contribution in [2.75, 3.05) is 36.4 Å². The van der Waals surface area contributed by atoms with Crippen LogP contribution in [0, 0.1) is 0 Å². The quantitative estimate of drug-likeness (QED) is 0.723. The average Bonchev–Trinajstić information content (AvgIpc) is 2.80. The lowest BCUT2D eigenvalue weighted by molar-refractivity contribution is -0.116. The van der Waals surface area contributed by atoms with Crippen LogP contribution in [-0.4, -0.2) is 42.0 Å². The van der Waals surface area contributed by atoms with Gasteiger partial charge >= 0.3 is 0 Å². The maximum Gasteiger partial charge on any atom is 0.224 e. The van der Waals surface area contributed by atoms with Crippen LogP contribution in [0.15, 0.2) is 67.0 Å². The maximum atomic E-state index is 11.9. The Hall–Kier alpha value is -3.18. The standard InChI is InChI=1S/C25H26N4O/c30-24-10-9-21-7-4-8-23(25(21)27-24)29-13-11-28(12-14-29)18-19-15-22(17-26-16-19)20-5-2-1-3-6-20/h1-8,15-17H,9-14,18H2,(H,27,30). The van der Waals surface area contributed by atoms with Crippen molar-refractivity contribution in [1.82, 2.24) is 9.88 Å². The predicted octanol–water partition coefficient (Wildman–Crippen LogP) is 3.96. The Labute approximate surface area is 177 Å². The molecule has 30 heavy (non-hydrogen) atoms. The van der Waals surface area contributed by atoms with E-state index in [9.17, 15) is 4.79 Å². The summed E-state index contributed by atoms with van der Waals surface area (Å²) in [6, 6.07) is 19.0. The van der Waals surface area contributed by atoms with Crippen LogP contribution in [-0.2, 0) is 17.8 Å². The lowest BCUT2D eigenvalue weighted by atomic mass is 10.0. The molecule has 0 spiro atoms. The van der Waals surface area contributed by atoms with Crippen LogP contribution in [0.25, 0.3) is 11.1 Å². The van der Waals surface area contributed by atoms with Gasteiger partial charge in [0.15, 0.2) is 0 Å². The van der Waals surface area contributed by atoms with Crippen LogP contribution >= 0.6 is 0 Å². The molecule has 0 atom stereocenters. The highest BCUT2D eigenvalue weighted by atomic mass is 16.1. The molecular formula is C25H26N4O. The van der Waals surface area contributed by atoms with E-state index in [0.29, 0.717) is 6.42 Å². The van der Waals surface area contributed by atoms with Gasteiger partial charge in [0.25, 0.3) is 0 Å². The Bertz CT molecular complexity index is 1040. The lowest BCUT2D eigenvalue weighted by Gasteiger charge is -2.37. The second-order valence-corrected chi connectivity index (χ2v) is 8.07. The molecule has 1 saturated heterocycles. The molecule has 1 aromatic heterocycles. The predicted molar refractivity (Wildman–Crippen MR) is 121 cm³/mol. The van der Waals surface area contributed by atoms with Gasteiger partial charge in [-0.05, 0) is 35.2 Å². The van der Waals surface area contributed by atoms with E-state index >= 15 is 0 Å². The molecule has 0 bridgehead atoms. The van der Waals surface area contributed by atoms with Crippen LogP contribution in [0.4, 0.5) is 11.4 Å². The molecule has 152 valence electrons. The highest BCUT2D eigenvalue weighted by Gasteiger charge is 2.23. The summed E-state index contributed by atoms with van der Waals surface area (Å²) in [6.07, 6.45) is 5.32. The fourth-order valence-corrected chi connectivity index (χ4v) is 4.42. The monoisotopic (exact) mass is 398 g/mol. The Morgan fingerprint density at radius 2 is 1.70 bits per heavy atom. The zero-order chi connectivity index (χ0) is 20.3. The third-order valence-corrected chi connectivity index (χ3v) is 6.04. The van der Waals surface area contributed by atoms with Crippen LogP contribution in [0.5, 0.6) is 0 Å². The highest BCUT2D eigenvalue weighted by Crippen LogP contribution is 2.34. The summed E-state index contributed by atoms with van der Waals surface area (Å²) < 4.78 is 0.